The minimum Gasteiger partial charge on any atom is -0.423 e. The summed E-state index contributed by atoms with van der Waals surface area (Å²) in [4.78, 5) is 13.7. The van der Waals surface area contributed by atoms with Gasteiger partial charge in [-0.2, -0.15) is 0 Å². The standard InChI is InChI=1S/C9H9N3O2S2/c10-12-11-6-4-8(13)14-7(6)5-9-15-2-1-3-16-9/h4-5,9H,1-3H2/b7-5+. The van der Waals surface area contributed by atoms with Crippen molar-refractivity contribution >= 4 is 29.5 Å². The molecule has 16 heavy (non-hydrogen) atoms. The normalized spacial score (nSPS) is 23.9. The highest BCUT2D eigenvalue weighted by atomic mass is 32.2. The van der Waals surface area contributed by atoms with Crippen molar-refractivity contribution in [3.63, 3.8) is 0 Å². The summed E-state index contributed by atoms with van der Waals surface area (Å²) in [5.41, 5.74) is 8.63. The van der Waals surface area contributed by atoms with Crippen LogP contribution in [0.4, 0.5) is 0 Å². The maximum absolute atomic E-state index is 11.0. The van der Waals surface area contributed by atoms with Gasteiger partial charge in [0.05, 0.1) is 10.3 Å². The van der Waals surface area contributed by atoms with Crippen molar-refractivity contribution in [2.45, 2.75) is 11.0 Å². The fraction of sp³-hybridized carbons (Fsp3) is 0.444. The Labute approximate surface area is 101 Å². The first-order chi connectivity index (χ1) is 7.79. The molecule has 0 spiro atoms. The molecular weight excluding hydrogens is 246 g/mol. The Morgan fingerprint density at radius 2 is 2.31 bits per heavy atom. The minimum absolute atomic E-state index is 0.270. The van der Waals surface area contributed by atoms with Gasteiger partial charge in [0.15, 0.2) is 0 Å². The van der Waals surface area contributed by atoms with Crippen LogP contribution in [0, 0.1) is 0 Å². The Kier molecular flexibility index (Phi) is 3.82. The molecule has 0 amide bonds. The SMILES string of the molecule is [N-]=[N+]=NC1=CC(=O)O/C1=C/C1SCCCS1. The first kappa shape index (κ1) is 11.4. The van der Waals surface area contributed by atoms with Crippen LogP contribution in [0.2, 0.25) is 0 Å². The highest BCUT2D eigenvalue weighted by molar-refractivity contribution is 8.17. The van der Waals surface area contributed by atoms with E-state index in [2.05, 4.69) is 10.0 Å². The smallest absolute Gasteiger partial charge is 0.336 e. The molecule has 2 heterocycles. The maximum Gasteiger partial charge on any atom is 0.336 e. The number of carbonyl (C=O) groups excluding carboxylic acids is 1. The van der Waals surface area contributed by atoms with Crippen molar-refractivity contribution in [3.8, 4) is 0 Å². The molecule has 0 aromatic heterocycles. The van der Waals surface area contributed by atoms with E-state index in [0.717, 1.165) is 11.5 Å². The number of rotatable bonds is 2. The summed E-state index contributed by atoms with van der Waals surface area (Å²) in [5, 5.41) is 3.43. The molecule has 0 unspecified atom stereocenters. The number of ether oxygens (including phenoxy) is 1. The zero-order valence-electron chi connectivity index (χ0n) is 8.33. The van der Waals surface area contributed by atoms with Crippen molar-refractivity contribution < 1.29 is 9.53 Å². The Hall–Kier alpha value is -1.04. The fourth-order valence-electron chi connectivity index (χ4n) is 1.34. The second-order valence-electron chi connectivity index (χ2n) is 3.13. The van der Waals surface area contributed by atoms with Crippen molar-refractivity contribution in [3.05, 3.63) is 34.1 Å². The summed E-state index contributed by atoms with van der Waals surface area (Å²) < 4.78 is 5.24. The number of thioether (sulfide) groups is 2. The van der Waals surface area contributed by atoms with Crippen molar-refractivity contribution in [2.24, 2.45) is 5.11 Å². The van der Waals surface area contributed by atoms with Gasteiger partial charge in [0.1, 0.15) is 5.76 Å². The zero-order chi connectivity index (χ0) is 11.4. The lowest BCUT2D eigenvalue weighted by molar-refractivity contribution is -0.132. The molecule has 0 saturated carbocycles. The van der Waals surface area contributed by atoms with Gasteiger partial charge in [-0.05, 0) is 29.5 Å². The summed E-state index contributed by atoms with van der Waals surface area (Å²) in [6.45, 7) is 0. The zero-order valence-corrected chi connectivity index (χ0v) is 9.96. The molecule has 0 aromatic carbocycles. The van der Waals surface area contributed by atoms with Gasteiger partial charge in [-0.1, -0.05) is 5.11 Å². The number of esters is 1. The third-order valence-corrected chi connectivity index (χ3v) is 4.80. The van der Waals surface area contributed by atoms with E-state index >= 15 is 0 Å². The maximum atomic E-state index is 11.0. The number of hydrogen-bond donors (Lipinski definition) is 0. The van der Waals surface area contributed by atoms with Crippen molar-refractivity contribution in [2.75, 3.05) is 11.5 Å². The largest absolute Gasteiger partial charge is 0.423 e. The van der Waals surface area contributed by atoms with E-state index in [1.807, 2.05) is 6.08 Å². The molecule has 7 heteroatoms. The predicted octanol–water partition coefficient (Wildman–Crippen LogP) is 2.82. The first-order valence-electron chi connectivity index (χ1n) is 4.73. The van der Waals surface area contributed by atoms with Crippen LogP contribution >= 0.6 is 23.5 Å². The van der Waals surface area contributed by atoms with E-state index in [1.165, 1.54) is 12.5 Å². The molecule has 2 aliphatic rings. The summed E-state index contributed by atoms with van der Waals surface area (Å²) in [6, 6.07) is 0. The highest BCUT2D eigenvalue weighted by Gasteiger charge is 2.22. The van der Waals surface area contributed by atoms with Crippen molar-refractivity contribution in [1.29, 1.82) is 0 Å². The second kappa shape index (κ2) is 5.34. The monoisotopic (exact) mass is 255 g/mol. The number of cyclic esters (lactones) is 1. The van der Waals surface area contributed by atoms with E-state index < -0.39 is 5.97 Å². The third kappa shape index (κ3) is 2.75. The van der Waals surface area contributed by atoms with Gasteiger partial charge >= 0.3 is 5.97 Å². The number of carbonyl (C=O) groups is 1. The highest BCUT2D eigenvalue weighted by Crippen LogP contribution is 2.34. The molecule has 1 saturated heterocycles. The Bertz CT molecular complexity index is 407. The van der Waals surface area contributed by atoms with E-state index in [4.69, 9.17) is 10.3 Å². The first-order valence-corrected chi connectivity index (χ1v) is 6.83. The lowest BCUT2D eigenvalue weighted by Crippen LogP contribution is -2.05. The Morgan fingerprint density at radius 3 is 3.00 bits per heavy atom. The van der Waals surface area contributed by atoms with Crippen LogP contribution in [0.5, 0.6) is 0 Å². The average Bonchev–Trinajstić information content (AvgIpc) is 2.61. The molecule has 2 aliphatic heterocycles. The molecule has 0 aromatic rings. The molecule has 0 radical (unpaired) electrons. The number of azide groups is 1. The van der Waals surface area contributed by atoms with Gasteiger partial charge in [-0.3, -0.25) is 0 Å². The van der Waals surface area contributed by atoms with Crippen molar-refractivity contribution in [1.82, 2.24) is 0 Å². The summed E-state index contributed by atoms with van der Waals surface area (Å²) >= 11 is 3.61. The summed E-state index contributed by atoms with van der Waals surface area (Å²) in [7, 11) is 0. The van der Waals surface area contributed by atoms with Gasteiger partial charge in [-0.15, -0.1) is 23.5 Å². The lowest BCUT2D eigenvalue weighted by Gasteiger charge is -2.17. The molecule has 0 N–H and O–H groups in total. The van der Waals surface area contributed by atoms with Gasteiger partial charge in [-0.25, -0.2) is 4.79 Å². The van der Waals surface area contributed by atoms with Crippen LogP contribution < -0.4 is 0 Å². The van der Waals surface area contributed by atoms with Crippen LogP contribution in [0.3, 0.4) is 0 Å². The third-order valence-electron chi connectivity index (χ3n) is 2.01. The molecule has 5 nitrogen and oxygen atoms in total. The van der Waals surface area contributed by atoms with Crippen LogP contribution in [-0.2, 0) is 9.53 Å². The number of nitrogens with zero attached hydrogens (tertiary/aromatic N) is 3. The topological polar surface area (TPSA) is 75.1 Å². The van der Waals surface area contributed by atoms with E-state index in [0.29, 0.717) is 5.76 Å². The number of hydrogen-bond acceptors (Lipinski definition) is 5. The minimum atomic E-state index is -0.473. The van der Waals surface area contributed by atoms with Crippen LogP contribution in [0.1, 0.15) is 6.42 Å². The fourth-order valence-corrected chi connectivity index (χ4v) is 4.02. The second-order valence-corrected chi connectivity index (χ2v) is 5.93. The summed E-state index contributed by atoms with van der Waals surface area (Å²) in [5.74, 6) is 2.13. The molecule has 1 fully saturated rings. The Balaban J connectivity index is 2.13. The average molecular weight is 255 g/mol. The van der Waals surface area contributed by atoms with Gasteiger partial charge < -0.3 is 4.74 Å². The molecule has 2 rings (SSSR count). The van der Waals surface area contributed by atoms with E-state index in [1.54, 1.807) is 23.5 Å². The van der Waals surface area contributed by atoms with E-state index in [9.17, 15) is 4.79 Å². The molecular formula is C9H9N3O2S2. The van der Waals surface area contributed by atoms with Crippen LogP contribution in [0.15, 0.2) is 28.7 Å². The lowest BCUT2D eigenvalue weighted by atomic mass is 10.3. The Morgan fingerprint density at radius 1 is 1.56 bits per heavy atom. The quantitative estimate of drug-likeness (QED) is 0.329. The molecule has 0 bridgehead atoms. The van der Waals surface area contributed by atoms with Crippen LogP contribution in [0.25, 0.3) is 10.4 Å². The van der Waals surface area contributed by atoms with Crippen LogP contribution in [-0.4, -0.2) is 22.1 Å². The van der Waals surface area contributed by atoms with Gasteiger partial charge in [0.2, 0.25) is 0 Å². The predicted molar refractivity (Wildman–Crippen MR) is 64.7 cm³/mol. The summed E-state index contributed by atoms with van der Waals surface area (Å²) in [6.07, 6.45) is 4.26. The van der Waals surface area contributed by atoms with Gasteiger partial charge in [0.25, 0.3) is 0 Å². The molecule has 0 atom stereocenters. The molecule has 0 aliphatic carbocycles. The molecule has 84 valence electrons. The van der Waals surface area contributed by atoms with Gasteiger partial charge in [0, 0.05) is 11.0 Å². The van der Waals surface area contributed by atoms with E-state index in [-0.39, 0.29) is 10.3 Å².